The molecule has 1 unspecified atom stereocenters. The summed E-state index contributed by atoms with van der Waals surface area (Å²) in [6.45, 7) is 7.00. The van der Waals surface area contributed by atoms with Crippen LogP contribution < -0.4 is 0 Å². The molecule has 0 aliphatic carbocycles. The quantitative estimate of drug-likeness (QED) is 0.793. The standard InChI is InChI=1S/C17H19N3O/c1-4-17(21)20-10-13-7-5-6-8-14(13)16(11-20)15-9-18-19(3)12(15)2/h4-9,16H,1,10-11H2,2-3H3. The van der Waals surface area contributed by atoms with Crippen LogP contribution in [0.4, 0.5) is 0 Å². The van der Waals surface area contributed by atoms with Crippen molar-refractivity contribution in [3.05, 3.63) is 65.5 Å². The van der Waals surface area contributed by atoms with Gasteiger partial charge in [0.15, 0.2) is 0 Å². The summed E-state index contributed by atoms with van der Waals surface area (Å²) in [5.41, 5.74) is 4.82. The Hall–Kier alpha value is -2.36. The van der Waals surface area contributed by atoms with E-state index in [1.807, 2.05) is 28.9 Å². The summed E-state index contributed by atoms with van der Waals surface area (Å²) >= 11 is 0. The lowest BCUT2D eigenvalue weighted by atomic mass is 9.85. The Labute approximate surface area is 124 Å². The lowest BCUT2D eigenvalue weighted by Crippen LogP contribution is -2.37. The molecule has 0 saturated carbocycles. The Bertz CT molecular complexity index is 702. The highest BCUT2D eigenvalue weighted by atomic mass is 16.2. The van der Waals surface area contributed by atoms with Gasteiger partial charge in [-0.25, -0.2) is 0 Å². The smallest absolute Gasteiger partial charge is 0.246 e. The van der Waals surface area contributed by atoms with E-state index in [9.17, 15) is 4.79 Å². The molecule has 3 rings (SSSR count). The first-order chi connectivity index (χ1) is 10.1. The number of rotatable bonds is 2. The van der Waals surface area contributed by atoms with Crippen LogP contribution >= 0.6 is 0 Å². The number of carbonyl (C=O) groups is 1. The van der Waals surface area contributed by atoms with Crippen LogP contribution in [0.25, 0.3) is 0 Å². The molecule has 4 nitrogen and oxygen atoms in total. The van der Waals surface area contributed by atoms with E-state index < -0.39 is 0 Å². The van der Waals surface area contributed by atoms with E-state index in [1.54, 1.807) is 0 Å². The van der Waals surface area contributed by atoms with Gasteiger partial charge in [-0.05, 0) is 24.1 Å². The zero-order chi connectivity index (χ0) is 15.0. The second kappa shape index (κ2) is 5.20. The van der Waals surface area contributed by atoms with Crippen molar-refractivity contribution >= 4 is 5.91 Å². The average Bonchev–Trinajstić information content (AvgIpc) is 2.85. The van der Waals surface area contributed by atoms with Gasteiger partial charge in [-0.2, -0.15) is 5.10 Å². The number of carbonyl (C=O) groups excluding carboxylic acids is 1. The molecule has 0 radical (unpaired) electrons. The van der Waals surface area contributed by atoms with E-state index in [0.29, 0.717) is 13.1 Å². The molecule has 0 spiro atoms. The van der Waals surface area contributed by atoms with Crippen LogP contribution in [0.15, 0.2) is 43.1 Å². The zero-order valence-electron chi connectivity index (χ0n) is 12.4. The third kappa shape index (κ3) is 2.27. The van der Waals surface area contributed by atoms with Crippen LogP contribution in [0.2, 0.25) is 0 Å². The molecule has 0 N–H and O–H groups in total. The summed E-state index contributed by atoms with van der Waals surface area (Å²) in [6.07, 6.45) is 3.31. The zero-order valence-corrected chi connectivity index (χ0v) is 12.4. The van der Waals surface area contributed by atoms with Crippen LogP contribution in [0, 0.1) is 6.92 Å². The molecule has 1 aliphatic rings. The molecule has 1 aromatic heterocycles. The van der Waals surface area contributed by atoms with E-state index >= 15 is 0 Å². The van der Waals surface area contributed by atoms with Crippen LogP contribution in [-0.4, -0.2) is 27.1 Å². The Morgan fingerprint density at radius 3 is 2.81 bits per heavy atom. The van der Waals surface area contributed by atoms with E-state index in [2.05, 4.69) is 36.8 Å². The summed E-state index contributed by atoms with van der Waals surface area (Å²) in [7, 11) is 1.94. The number of nitrogens with zero attached hydrogens (tertiary/aromatic N) is 3. The molecule has 0 saturated heterocycles. The topological polar surface area (TPSA) is 38.1 Å². The molecular formula is C17H19N3O. The molecule has 1 atom stereocenters. The predicted molar refractivity (Wildman–Crippen MR) is 81.8 cm³/mol. The molecule has 2 aromatic rings. The third-order valence-corrected chi connectivity index (χ3v) is 4.33. The first-order valence-electron chi connectivity index (χ1n) is 7.09. The minimum atomic E-state index is -0.0175. The molecule has 2 heterocycles. The van der Waals surface area contributed by atoms with Crippen molar-refractivity contribution in [2.75, 3.05) is 6.54 Å². The molecular weight excluding hydrogens is 262 g/mol. The van der Waals surface area contributed by atoms with Crippen molar-refractivity contribution < 1.29 is 4.79 Å². The van der Waals surface area contributed by atoms with E-state index in [0.717, 1.165) is 5.69 Å². The number of aromatic nitrogens is 2. The van der Waals surface area contributed by atoms with Crippen molar-refractivity contribution in [1.82, 2.24) is 14.7 Å². The van der Waals surface area contributed by atoms with Gasteiger partial charge in [0, 0.05) is 37.3 Å². The van der Waals surface area contributed by atoms with Crippen LogP contribution in [0.5, 0.6) is 0 Å². The maximum atomic E-state index is 12.0. The lowest BCUT2D eigenvalue weighted by molar-refractivity contribution is -0.127. The highest BCUT2D eigenvalue weighted by Gasteiger charge is 2.29. The molecule has 0 fully saturated rings. The maximum absolute atomic E-state index is 12.0. The maximum Gasteiger partial charge on any atom is 0.246 e. The largest absolute Gasteiger partial charge is 0.334 e. The van der Waals surface area contributed by atoms with Gasteiger partial charge in [0.2, 0.25) is 5.91 Å². The fourth-order valence-corrected chi connectivity index (χ4v) is 3.03. The van der Waals surface area contributed by atoms with Crippen molar-refractivity contribution in [2.45, 2.75) is 19.4 Å². The Balaban J connectivity index is 2.08. The van der Waals surface area contributed by atoms with Crippen molar-refractivity contribution in [2.24, 2.45) is 7.05 Å². The molecule has 1 aromatic carbocycles. The van der Waals surface area contributed by atoms with Gasteiger partial charge < -0.3 is 4.90 Å². The van der Waals surface area contributed by atoms with Gasteiger partial charge in [0.1, 0.15) is 0 Å². The molecule has 4 heteroatoms. The summed E-state index contributed by atoms with van der Waals surface area (Å²) in [6, 6.07) is 8.33. The molecule has 108 valence electrons. The van der Waals surface area contributed by atoms with Gasteiger partial charge in [-0.1, -0.05) is 30.8 Å². The van der Waals surface area contributed by atoms with Crippen LogP contribution in [0.1, 0.15) is 28.3 Å². The number of benzene rings is 1. The van der Waals surface area contributed by atoms with Gasteiger partial charge >= 0.3 is 0 Å². The monoisotopic (exact) mass is 281 g/mol. The highest BCUT2D eigenvalue weighted by molar-refractivity contribution is 5.87. The van der Waals surface area contributed by atoms with E-state index in [-0.39, 0.29) is 11.8 Å². The van der Waals surface area contributed by atoms with Crippen molar-refractivity contribution in [3.8, 4) is 0 Å². The van der Waals surface area contributed by atoms with Gasteiger partial charge in [-0.15, -0.1) is 0 Å². The Kier molecular flexibility index (Phi) is 3.37. The molecule has 1 amide bonds. The van der Waals surface area contributed by atoms with E-state index in [4.69, 9.17) is 0 Å². The second-order valence-corrected chi connectivity index (χ2v) is 5.48. The Morgan fingerprint density at radius 2 is 2.14 bits per heavy atom. The van der Waals surface area contributed by atoms with Gasteiger partial charge in [-0.3, -0.25) is 9.48 Å². The van der Waals surface area contributed by atoms with Gasteiger partial charge in [0.05, 0.1) is 6.20 Å². The summed E-state index contributed by atoms with van der Waals surface area (Å²) in [4.78, 5) is 13.9. The predicted octanol–water partition coefficient (Wildman–Crippen LogP) is 2.39. The van der Waals surface area contributed by atoms with Crippen LogP contribution in [-0.2, 0) is 18.4 Å². The first-order valence-corrected chi connectivity index (χ1v) is 7.09. The third-order valence-electron chi connectivity index (χ3n) is 4.33. The minimum Gasteiger partial charge on any atom is -0.334 e. The van der Waals surface area contributed by atoms with Gasteiger partial charge in [0.25, 0.3) is 0 Å². The van der Waals surface area contributed by atoms with Crippen LogP contribution in [0.3, 0.4) is 0 Å². The number of aryl methyl sites for hydroxylation is 1. The normalized spacial score (nSPS) is 17.4. The number of hydrogen-bond donors (Lipinski definition) is 0. The summed E-state index contributed by atoms with van der Waals surface area (Å²) in [5, 5.41) is 4.35. The average molecular weight is 281 g/mol. The highest BCUT2D eigenvalue weighted by Crippen LogP contribution is 2.34. The fraction of sp³-hybridized carbons (Fsp3) is 0.294. The molecule has 0 bridgehead atoms. The second-order valence-electron chi connectivity index (χ2n) is 5.48. The molecule has 1 aliphatic heterocycles. The van der Waals surface area contributed by atoms with Crippen molar-refractivity contribution in [3.63, 3.8) is 0 Å². The molecule has 21 heavy (non-hydrogen) atoms. The summed E-state index contributed by atoms with van der Waals surface area (Å²) < 4.78 is 1.88. The Morgan fingerprint density at radius 1 is 1.38 bits per heavy atom. The number of amides is 1. The number of fused-ring (bicyclic) bond motifs is 1. The lowest BCUT2D eigenvalue weighted by Gasteiger charge is -2.34. The fourth-order valence-electron chi connectivity index (χ4n) is 3.03. The number of hydrogen-bond acceptors (Lipinski definition) is 2. The SMILES string of the molecule is C=CC(=O)N1Cc2ccccc2C(c2cnn(C)c2C)C1. The van der Waals surface area contributed by atoms with Crippen molar-refractivity contribution in [1.29, 1.82) is 0 Å². The summed E-state index contributed by atoms with van der Waals surface area (Å²) in [5.74, 6) is 0.156. The first kappa shape index (κ1) is 13.6. The minimum absolute atomic E-state index is 0.0175. The van der Waals surface area contributed by atoms with E-state index in [1.165, 1.54) is 22.8 Å².